The minimum atomic E-state index is -0.533. The van der Waals surface area contributed by atoms with E-state index in [1.54, 1.807) is 6.26 Å². The molecule has 0 fully saturated rings. The number of fused-ring (bicyclic) bond motifs is 1. The molecule has 20 heavy (non-hydrogen) atoms. The second kappa shape index (κ2) is 4.96. The maximum Gasteiger partial charge on any atom is 0.271 e. The molecule has 1 N–H and O–H groups in total. The van der Waals surface area contributed by atoms with Gasteiger partial charge in [-0.1, -0.05) is 0 Å². The number of hydrogen-bond acceptors (Lipinski definition) is 4. The lowest BCUT2D eigenvalue weighted by molar-refractivity contribution is -0.384. The smallest absolute Gasteiger partial charge is 0.271 e. The molecule has 5 nitrogen and oxygen atoms in total. The third-order valence-electron chi connectivity index (χ3n) is 3.54. The maximum absolute atomic E-state index is 13.8. The van der Waals surface area contributed by atoms with Crippen LogP contribution in [0.3, 0.4) is 0 Å². The number of non-ortho nitro benzene ring substituents is 1. The highest BCUT2D eigenvalue weighted by molar-refractivity contribution is 5.54. The third kappa shape index (κ3) is 2.24. The number of anilines is 1. The number of hydrogen-bond donors (Lipinski definition) is 1. The fourth-order valence-electron chi connectivity index (χ4n) is 2.56. The molecule has 2 aromatic rings. The fourth-order valence-corrected chi connectivity index (χ4v) is 2.56. The molecular formula is C14H13FN2O3. The van der Waals surface area contributed by atoms with Gasteiger partial charge >= 0.3 is 0 Å². The third-order valence-corrected chi connectivity index (χ3v) is 3.54. The van der Waals surface area contributed by atoms with Crippen molar-refractivity contribution in [3.63, 3.8) is 0 Å². The largest absolute Gasteiger partial charge is 0.469 e. The van der Waals surface area contributed by atoms with Gasteiger partial charge in [-0.25, -0.2) is 4.39 Å². The number of benzene rings is 1. The molecule has 1 aromatic carbocycles. The van der Waals surface area contributed by atoms with E-state index < -0.39 is 10.7 Å². The Kier molecular flexibility index (Phi) is 3.14. The Morgan fingerprint density at radius 1 is 1.40 bits per heavy atom. The number of nitrogens with one attached hydrogen (secondary N) is 1. The van der Waals surface area contributed by atoms with Crippen molar-refractivity contribution in [1.82, 2.24) is 0 Å². The zero-order valence-electron chi connectivity index (χ0n) is 10.6. The van der Waals surface area contributed by atoms with Crippen molar-refractivity contribution in [2.24, 2.45) is 0 Å². The summed E-state index contributed by atoms with van der Waals surface area (Å²) in [5, 5.41) is 13.8. The molecule has 1 unspecified atom stereocenters. The Balaban J connectivity index is 1.89. The summed E-state index contributed by atoms with van der Waals surface area (Å²) in [6.45, 7) is 0. The molecule has 1 aliphatic carbocycles. The lowest BCUT2D eigenvalue weighted by atomic mass is 9.93. The quantitative estimate of drug-likeness (QED) is 0.683. The standard InChI is InChI=1S/C14H13FN2O3/c15-11-5-4-9(17(18)19)8-13(11)16-12-2-1-3-14-10(12)6-7-20-14/h4-8,12,16H,1-3H2. The topological polar surface area (TPSA) is 68.3 Å². The minimum absolute atomic E-state index is 0.0750. The van der Waals surface area contributed by atoms with Crippen molar-refractivity contribution >= 4 is 11.4 Å². The number of nitro groups is 1. The van der Waals surface area contributed by atoms with Gasteiger partial charge in [0.1, 0.15) is 11.6 Å². The highest BCUT2D eigenvalue weighted by Gasteiger charge is 2.23. The molecule has 0 radical (unpaired) electrons. The van der Waals surface area contributed by atoms with Gasteiger partial charge in [-0.15, -0.1) is 0 Å². The molecule has 0 amide bonds. The molecule has 1 aromatic heterocycles. The van der Waals surface area contributed by atoms with Gasteiger partial charge in [-0.3, -0.25) is 10.1 Å². The molecule has 0 saturated heterocycles. The second-order valence-electron chi connectivity index (χ2n) is 4.81. The SMILES string of the molecule is O=[N+]([O-])c1ccc(F)c(NC2CCCc3occc32)c1. The lowest BCUT2D eigenvalue weighted by Gasteiger charge is -2.23. The van der Waals surface area contributed by atoms with Crippen LogP contribution in [0.5, 0.6) is 0 Å². The average Bonchev–Trinajstić information content (AvgIpc) is 2.90. The van der Waals surface area contributed by atoms with E-state index in [2.05, 4.69) is 5.32 Å². The average molecular weight is 276 g/mol. The van der Waals surface area contributed by atoms with E-state index in [9.17, 15) is 14.5 Å². The first kappa shape index (κ1) is 12.7. The van der Waals surface area contributed by atoms with Crippen LogP contribution in [-0.2, 0) is 6.42 Å². The molecule has 0 aliphatic heterocycles. The van der Waals surface area contributed by atoms with Gasteiger partial charge < -0.3 is 9.73 Å². The summed E-state index contributed by atoms with van der Waals surface area (Å²) in [4.78, 5) is 10.2. The minimum Gasteiger partial charge on any atom is -0.469 e. The van der Waals surface area contributed by atoms with Crippen molar-refractivity contribution in [2.45, 2.75) is 25.3 Å². The Hall–Kier alpha value is -2.37. The van der Waals surface area contributed by atoms with Crippen molar-refractivity contribution in [1.29, 1.82) is 0 Å². The highest BCUT2D eigenvalue weighted by Crippen LogP contribution is 2.34. The summed E-state index contributed by atoms with van der Waals surface area (Å²) < 4.78 is 19.2. The van der Waals surface area contributed by atoms with Gasteiger partial charge in [0.25, 0.3) is 5.69 Å². The van der Waals surface area contributed by atoms with Crippen molar-refractivity contribution in [2.75, 3.05) is 5.32 Å². The van der Waals surface area contributed by atoms with Crippen LogP contribution in [-0.4, -0.2) is 4.92 Å². The van der Waals surface area contributed by atoms with Gasteiger partial charge in [-0.2, -0.15) is 0 Å². The zero-order chi connectivity index (χ0) is 14.1. The van der Waals surface area contributed by atoms with Crippen LogP contribution in [0.2, 0.25) is 0 Å². The van der Waals surface area contributed by atoms with E-state index in [4.69, 9.17) is 4.42 Å². The van der Waals surface area contributed by atoms with Gasteiger partial charge in [-0.05, 0) is 25.0 Å². The monoisotopic (exact) mass is 276 g/mol. The normalized spacial score (nSPS) is 17.6. The van der Waals surface area contributed by atoms with Crippen LogP contribution in [0.4, 0.5) is 15.8 Å². The van der Waals surface area contributed by atoms with E-state index in [-0.39, 0.29) is 17.4 Å². The first-order chi connectivity index (χ1) is 9.65. The molecule has 0 spiro atoms. The number of halogens is 1. The highest BCUT2D eigenvalue weighted by atomic mass is 19.1. The fraction of sp³-hybridized carbons (Fsp3) is 0.286. The maximum atomic E-state index is 13.8. The van der Waals surface area contributed by atoms with E-state index in [1.165, 1.54) is 6.07 Å². The van der Waals surface area contributed by atoms with Crippen LogP contribution in [0, 0.1) is 15.9 Å². The Bertz CT molecular complexity index is 654. The first-order valence-electron chi connectivity index (χ1n) is 6.42. The van der Waals surface area contributed by atoms with Gasteiger partial charge in [0.2, 0.25) is 0 Å². The number of furan rings is 1. The van der Waals surface area contributed by atoms with Crippen LogP contribution >= 0.6 is 0 Å². The van der Waals surface area contributed by atoms with Gasteiger partial charge in [0, 0.05) is 24.1 Å². The van der Waals surface area contributed by atoms with E-state index in [1.807, 2.05) is 6.07 Å². The van der Waals surface area contributed by atoms with Crippen molar-refractivity contribution in [3.05, 3.63) is 57.8 Å². The van der Waals surface area contributed by atoms with Gasteiger partial charge in [0.15, 0.2) is 0 Å². The summed E-state index contributed by atoms with van der Waals surface area (Å²) in [6, 6.07) is 5.28. The Morgan fingerprint density at radius 2 is 2.25 bits per heavy atom. The van der Waals surface area contributed by atoms with E-state index in [0.29, 0.717) is 0 Å². The number of nitrogens with zero attached hydrogens (tertiary/aromatic N) is 1. The molecule has 1 aliphatic rings. The molecule has 6 heteroatoms. The molecule has 0 saturated carbocycles. The van der Waals surface area contributed by atoms with E-state index >= 15 is 0 Å². The predicted molar refractivity (Wildman–Crippen MR) is 71.1 cm³/mol. The van der Waals surface area contributed by atoms with Crippen LogP contribution in [0.15, 0.2) is 34.9 Å². The number of nitro benzene ring substituents is 1. The molecule has 1 heterocycles. The predicted octanol–water partition coefficient (Wildman–Crippen LogP) is 3.82. The summed E-state index contributed by atoms with van der Waals surface area (Å²) in [5.41, 5.74) is 1.03. The van der Waals surface area contributed by atoms with Gasteiger partial charge in [0.05, 0.1) is 22.9 Å². The lowest BCUT2D eigenvalue weighted by Crippen LogP contribution is -2.16. The molecule has 0 bridgehead atoms. The summed E-state index contributed by atoms with van der Waals surface area (Å²) >= 11 is 0. The second-order valence-corrected chi connectivity index (χ2v) is 4.81. The van der Waals surface area contributed by atoms with Crippen molar-refractivity contribution in [3.8, 4) is 0 Å². The van der Waals surface area contributed by atoms with Crippen LogP contribution in [0.25, 0.3) is 0 Å². The molecular weight excluding hydrogens is 263 g/mol. The summed E-state index contributed by atoms with van der Waals surface area (Å²) in [5.74, 6) is 0.408. The summed E-state index contributed by atoms with van der Waals surface area (Å²) in [7, 11) is 0. The van der Waals surface area contributed by atoms with Crippen LogP contribution < -0.4 is 5.32 Å². The molecule has 1 atom stereocenters. The Labute approximate surface area is 114 Å². The van der Waals surface area contributed by atoms with Crippen LogP contribution in [0.1, 0.15) is 30.2 Å². The number of rotatable bonds is 3. The summed E-state index contributed by atoms with van der Waals surface area (Å²) in [6.07, 6.45) is 4.27. The molecule has 3 rings (SSSR count). The Morgan fingerprint density at radius 3 is 3.05 bits per heavy atom. The van der Waals surface area contributed by atoms with Crippen molar-refractivity contribution < 1.29 is 13.7 Å². The number of aryl methyl sites for hydroxylation is 1. The molecule has 104 valence electrons. The van der Waals surface area contributed by atoms with E-state index in [0.717, 1.165) is 42.7 Å². The first-order valence-corrected chi connectivity index (χ1v) is 6.42. The zero-order valence-corrected chi connectivity index (χ0v) is 10.6.